The lowest BCUT2D eigenvalue weighted by Gasteiger charge is -2.38. The van der Waals surface area contributed by atoms with E-state index in [0.717, 1.165) is 18.4 Å². The topological polar surface area (TPSA) is 43.4 Å². The number of esters is 1. The predicted octanol–water partition coefficient (Wildman–Crippen LogP) is 5.78. The van der Waals surface area contributed by atoms with Gasteiger partial charge in [-0.3, -0.25) is 9.59 Å². The summed E-state index contributed by atoms with van der Waals surface area (Å²) in [6.45, 7) is 8.79. The fourth-order valence-corrected chi connectivity index (χ4v) is 5.39. The molecule has 3 heteroatoms. The fourth-order valence-electron chi connectivity index (χ4n) is 5.39. The van der Waals surface area contributed by atoms with Crippen LogP contribution in [0.4, 0.5) is 0 Å². The molecule has 2 aromatic rings. The van der Waals surface area contributed by atoms with Crippen LogP contribution in [0.5, 0.6) is 0 Å². The highest BCUT2D eigenvalue weighted by Gasteiger charge is 2.62. The van der Waals surface area contributed by atoms with Crippen molar-refractivity contribution in [3.63, 3.8) is 0 Å². The minimum atomic E-state index is -0.399. The van der Waals surface area contributed by atoms with E-state index in [1.807, 2.05) is 55.5 Å². The predicted molar refractivity (Wildman–Crippen MR) is 114 cm³/mol. The first-order chi connectivity index (χ1) is 13.7. The normalized spacial score (nSPS) is 28.1. The zero-order valence-electron chi connectivity index (χ0n) is 17.8. The Morgan fingerprint density at radius 3 is 2.31 bits per heavy atom. The molecule has 3 unspecified atom stereocenters. The SMILES string of the molecule is CC(C(=O)O[C@@H]1CC2CCC1(C)C2(C)C)c1cccc(C(=O)c2ccccc2)c1. The van der Waals surface area contributed by atoms with Crippen LogP contribution >= 0.6 is 0 Å². The molecular formula is C26H30O3. The average molecular weight is 391 g/mol. The van der Waals surface area contributed by atoms with E-state index in [1.165, 1.54) is 6.42 Å². The molecule has 0 spiro atoms. The highest BCUT2D eigenvalue weighted by Crippen LogP contribution is 2.66. The van der Waals surface area contributed by atoms with Gasteiger partial charge in [-0.25, -0.2) is 0 Å². The summed E-state index contributed by atoms with van der Waals surface area (Å²) in [6, 6.07) is 16.6. The van der Waals surface area contributed by atoms with Crippen LogP contribution in [0.1, 0.15) is 74.4 Å². The summed E-state index contributed by atoms with van der Waals surface area (Å²) >= 11 is 0. The Morgan fingerprint density at radius 1 is 1.00 bits per heavy atom. The number of rotatable bonds is 5. The van der Waals surface area contributed by atoms with Gasteiger partial charge >= 0.3 is 5.97 Å². The second kappa shape index (κ2) is 7.12. The molecule has 3 nitrogen and oxygen atoms in total. The van der Waals surface area contributed by atoms with Crippen molar-refractivity contribution in [3.05, 3.63) is 71.3 Å². The molecule has 29 heavy (non-hydrogen) atoms. The Balaban J connectivity index is 1.50. The van der Waals surface area contributed by atoms with Crippen LogP contribution in [0.3, 0.4) is 0 Å². The van der Waals surface area contributed by atoms with Crippen molar-refractivity contribution in [2.24, 2.45) is 16.7 Å². The molecule has 152 valence electrons. The van der Waals surface area contributed by atoms with Crippen LogP contribution in [0.25, 0.3) is 0 Å². The summed E-state index contributed by atoms with van der Waals surface area (Å²) < 4.78 is 6.06. The van der Waals surface area contributed by atoms with E-state index in [1.54, 1.807) is 6.07 Å². The Labute approximate surface area is 173 Å². The molecule has 2 bridgehead atoms. The lowest BCUT2D eigenvalue weighted by Crippen LogP contribution is -2.39. The average Bonchev–Trinajstić information content (AvgIpc) is 3.07. The maximum Gasteiger partial charge on any atom is 0.313 e. The Kier molecular flexibility index (Phi) is 4.88. The summed E-state index contributed by atoms with van der Waals surface area (Å²) in [5.74, 6) is 0.0102. The third-order valence-corrected chi connectivity index (χ3v) is 8.01. The van der Waals surface area contributed by atoms with Gasteiger partial charge in [-0.2, -0.15) is 0 Å². The van der Waals surface area contributed by atoms with E-state index < -0.39 is 5.92 Å². The van der Waals surface area contributed by atoms with Crippen molar-refractivity contribution in [1.29, 1.82) is 0 Å². The molecule has 0 N–H and O–H groups in total. The van der Waals surface area contributed by atoms with Gasteiger partial charge in [0.2, 0.25) is 0 Å². The third kappa shape index (κ3) is 3.21. The number of carbonyl (C=O) groups excluding carboxylic acids is 2. The van der Waals surface area contributed by atoms with Crippen molar-refractivity contribution in [3.8, 4) is 0 Å². The van der Waals surface area contributed by atoms with Crippen LogP contribution in [0, 0.1) is 16.7 Å². The molecule has 2 aromatic carbocycles. The number of hydrogen-bond donors (Lipinski definition) is 0. The van der Waals surface area contributed by atoms with Crippen LogP contribution < -0.4 is 0 Å². The molecule has 0 amide bonds. The zero-order chi connectivity index (χ0) is 20.8. The molecule has 2 fully saturated rings. The lowest BCUT2D eigenvalue weighted by molar-refractivity contribution is -0.158. The number of carbonyl (C=O) groups is 2. The Hall–Kier alpha value is -2.42. The number of hydrogen-bond acceptors (Lipinski definition) is 3. The second-order valence-electron chi connectivity index (χ2n) is 9.58. The Bertz CT molecular complexity index is 930. The number of ether oxygens (including phenoxy) is 1. The van der Waals surface area contributed by atoms with Gasteiger partial charge in [0.1, 0.15) is 6.10 Å². The van der Waals surface area contributed by atoms with E-state index >= 15 is 0 Å². The smallest absolute Gasteiger partial charge is 0.313 e. The van der Waals surface area contributed by atoms with E-state index in [2.05, 4.69) is 20.8 Å². The standard InChI is InChI=1S/C26H30O3/c1-17(24(28)29-22-16-21-13-14-26(22,4)25(21,2)3)19-11-8-12-20(15-19)23(27)18-9-6-5-7-10-18/h5-12,15,17,21-22H,13-14,16H2,1-4H3/t17?,21?,22-,26?/m1/s1. The monoisotopic (exact) mass is 390 g/mol. The third-order valence-electron chi connectivity index (χ3n) is 8.01. The number of benzene rings is 2. The summed E-state index contributed by atoms with van der Waals surface area (Å²) in [5, 5.41) is 0. The van der Waals surface area contributed by atoms with Gasteiger partial charge in [0.05, 0.1) is 5.92 Å². The molecule has 2 aliphatic rings. The molecule has 4 atom stereocenters. The highest BCUT2D eigenvalue weighted by atomic mass is 16.5. The molecule has 2 aliphatic carbocycles. The molecule has 2 saturated carbocycles. The minimum absolute atomic E-state index is 0.0136. The van der Waals surface area contributed by atoms with Crippen LogP contribution in [-0.4, -0.2) is 17.9 Å². The number of fused-ring (bicyclic) bond motifs is 2. The lowest BCUT2D eigenvalue weighted by atomic mass is 9.70. The largest absolute Gasteiger partial charge is 0.461 e. The fraction of sp³-hybridized carbons (Fsp3) is 0.462. The first-order valence-corrected chi connectivity index (χ1v) is 10.6. The van der Waals surface area contributed by atoms with E-state index in [4.69, 9.17) is 4.74 Å². The van der Waals surface area contributed by atoms with Gasteiger partial charge in [0, 0.05) is 16.5 Å². The quantitative estimate of drug-likeness (QED) is 0.480. The molecule has 0 saturated heterocycles. The number of ketones is 1. The molecule has 0 heterocycles. The van der Waals surface area contributed by atoms with Crippen molar-refractivity contribution >= 4 is 11.8 Å². The maximum absolute atomic E-state index is 13.0. The summed E-state index contributed by atoms with van der Waals surface area (Å²) in [6.07, 6.45) is 3.31. The summed E-state index contributed by atoms with van der Waals surface area (Å²) in [4.78, 5) is 25.7. The van der Waals surface area contributed by atoms with Gasteiger partial charge < -0.3 is 4.74 Å². The summed E-state index contributed by atoms with van der Waals surface area (Å²) in [5.41, 5.74) is 2.34. The van der Waals surface area contributed by atoms with Crippen LogP contribution in [0.2, 0.25) is 0 Å². The zero-order valence-corrected chi connectivity index (χ0v) is 17.8. The minimum Gasteiger partial charge on any atom is -0.461 e. The van der Waals surface area contributed by atoms with Crippen LogP contribution in [-0.2, 0) is 9.53 Å². The van der Waals surface area contributed by atoms with Gasteiger partial charge in [-0.05, 0) is 49.1 Å². The van der Waals surface area contributed by atoms with Gasteiger partial charge in [0.25, 0.3) is 0 Å². The van der Waals surface area contributed by atoms with Crippen molar-refractivity contribution in [2.75, 3.05) is 0 Å². The van der Waals surface area contributed by atoms with Crippen molar-refractivity contribution in [1.82, 2.24) is 0 Å². The molecular weight excluding hydrogens is 360 g/mol. The van der Waals surface area contributed by atoms with Crippen molar-refractivity contribution < 1.29 is 14.3 Å². The maximum atomic E-state index is 13.0. The first-order valence-electron chi connectivity index (χ1n) is 10.6. The summed E-state index contributed by atoms with van der Waals surface area (Å²) in [7, 11) is 0. The van der Waals surface area contributed by atoms with E-state index in [-0.39, 0.29) is 28.7 Å². The van der Waals surface area contributed by atoms with Crippen LogP contribution in [0.15, 0.2) is 54.6 Å². The highest BCUT2D eigenvalue weighted by molar-refractivity contribution is 6.09. The van der Waals surface area contributed by atoms with Gasteiger partial charge in [-0.15, -0.1) is 0 Å². The van der Waals surface area contributed by atoms with E-state index in [0.29, 0.717) is 17.0 Å². The molecule has 0 radical (unpaired) electrons. The Morgan fingerprint density at radius 2 is 1.69 bits per heavy atom. The van der Waals surface area contributed by atoms with Crippen molar-refractivity contribution in [2.45, 2.75) is 59.0 Å². The molecule has 0 aromatic heterocycles. The molecule has 4 rings (SSSR count). The van der Waals surface area contributed by atoms with E-state index in [9.17, 15) is 9.59 Å². The van der Waals surface area contributed by atoms with Gasteiger partial charge in [0.15, 0.2) is 5.78 Å². The first kappa shape index (κ1) is 19.9. The second-order valence-corrected chi connectivity index (χ2v) is 9.58. The van der Waals surface area contributed by atoms with Gasteiger partial charge in [-0.1, -0.05) is 69.3 Å². The molecule has 0 aliphatic heterocycles.